The van der Waals surface area contributed by atoms with E-state index in [4.69, 9.17) is 5.11 Å². The summed E-state index contributed by atoms with van der Waals surface area (Å²) in [6, 6.07) is 9.23. The Morgan fingerprint density at radius 2 is 2.07 bits per heavy atom. The first-order chi connectivity index (χ1) is 12.9. The van der Waals surface area contributed by atoms with Gasteiger partial charge in [0.05, 0.1) is 16.9 Å². The predicted octanol–water partition coefficient (Wildman–Crippen LogP) is 2.45. The Morgan fingerprint density at radius 1 is 1.30 bits per heavy atom. The van der Waals surface area contributed by atoms with E-state index in [1.807, 2.05) is 44.2 Å². The molecule has 0 aliphatic carbocycles. The van der Waals surface area contributed by atoms with Crippen molar-refractivity contribution in [3.8, 4) is 5.69 Å². The maximum absolute atomic E-state index is 12.9. The van der Waals surface area contributed by atoms with Crippen LogP contribution < -0.4 is 0 Å². The lowest BCUT2D eigenvalue weighted by atomic mass is 10.1. The third kappa shape index (κ3) is 3.64. The number of rotatable bonds is 6. The normalized spacial score (nSPS) is 12.1. The molecule has 0 spiro atoms. The third-order valence-electron chi connectivity index (χ3n) is 4.62. The van der Waals surface area contributed by atoms with Crippen LogP contribution in [-0.4, -0.2) is 54.4 Å². The van der Waals surface area contributed by atoms with Crippen molar-refractivity contribution in [2.75, 3.05) is 6.54 Å². The number of carboxylic acids is 1. The molecule has 1 N–H and O–H groups in total. The molecule has 1 aromatic carbocycles. The molecular formula is C19H21N5O3. The monoisotopic (exact) mass is 367 g/mol. The van der Waals surface area contributed by atoms with Crippen LogP contribution in [0.4, 0.5) is 0 Å². The van der Waals surface area contributed by atoms with Gasteiger partial charge in [-0.3, -0.25) is 14.6 Å². The van der Waals surface area contributed by atoms with Gasteiger partial charge in [0.2, 0.25) is 0 Å². The summed E-state index contributed by atoms with van der Waals surface area (Å²) < 4.78 is 1.58. The van der Waals surface area contributed by atoms with Crippen LogP contribution in [0.25, 0.3) is 16.6 Å². The number of nitrogens with zero attached hydrogens (tertiary/aromatic N) is 5. The smallest absolute Gasteiger partial charge is 0.323 e. The summed E-state index contributed by atoms with van der Waals surface area (Å²) in [5.74, 6) is -1.49. The first-order valence-corrected chi connectivity index (χ1v) is 8.72. The van der Waals surface area contributed by atoms with Gasteiger partial charge < -0.3 is 10.0 Å². The number of hydrogen-bond donors (Lipinski definition) is 1. The maximum Gasteiger partial charge on any atom is 0.323 e. The summed E-state index contributed by atoms with van der Waals surface area (Å²) in [6.45, 7) is 5.09. The highest BCUT2D eigenvalue weighted by Gasteiger charge is 2.27. The van der Waals surface area contributed by atoms with Gasteiger partial charge in [0.25, 0.3) is 5.91 Å². The molecule has 8 heteroatoms. The molecular weight excluding hydrogens is 346 g/mol. The number of fused-ring (bicyclic) bond motifs is 1. The number of amides is 1. The fraction of sp³-hybridized carbons (Fsp3) is 0.316. The summed E-state index contributed by atoms with van der Waals surface area (Å²) in [7, 11) is 0. The minimum Gasteiger partial charge on any atom is -0.480 e. The average Bonchev–Trinajstić information content (AvgIpc) is 3.05. The summed E-state index contributed by atoms with van der Waals surface area (Å²) in [5.41, 5.74) is 2.33. The van der Waals surface area contributed by atoms with Gasteiger partial charge in [0.1, 0.15) is 6.54 Å². The lowest BCUT2D eigenvalue weighted by molar-refractivity contribution is -0.138. The van der Waals surface area contributed by atoms with Crippen molar-refractivity contribution in [3.05, 3.63) is 47.9 Å². The van der Waals surface area contributed by atoms with Crippen LogP contribution in [0.5, 0.6) is 0 Å². The Labute approximate surface area is 156 Å². The number of carbonyl (C=O) groups is 2. The molecule has 0 bridgehead atoms. The highest BCUT2D eigenvalue weighted by molar-refractivity contribution is 5.95. The van der Waals surface area contributed by atoms with Gasteiger partial charge in [-0.1, -0.05) is 18.2 Å². The zero-order chi connectivity index (χ0) is 19.6. The molecule has 0 saturated carbocycles. The molecule has 1 unspecified atom stereocenters. The lowest BCUT2D eigenvalue weighted by Crippen LogP contribution is -2.42. The van der Waals surface area contributed by atoms with Crippen molar-refractivity contribution in [2.45, 2.75) is 33.2 Å². The van der Waals surface area contributed by atoms with Crippen LogP contribution in [0.3, 0.4) is 0 Å². The number of hydrogen-bond acceptors (Lipinski definition) is 5. The molecule has 0 aliphatic heterocycles. The van der Waals surface area contributed by atoms with Crippen molar-refractivity contribution in [3.63, 3.8) is 0 Å². The maximum atomic E-state index is 12.9. The summed E-state index contributed by atoms with van der Waals surface area (Å²) in [5, 5.41) is 18.2. The van der Waals surface area contributed by atoms with Crippen molar-refractivity contribution >= 4 is 22.8 Å². The van der Waals surface area contributed by atoms with E-state index in [1.165, 1.54) is 4.90 Å². The van der Waals surface area contributed by atoms with Crippen molar-refractivity contribution in [1.29, 1.82) is 0 Å². The first kappa shape index (κ1) is 18.5. The van der Waals surface area contributed by atoms with Gasteiger partial charge in [0, 0.05) is 17.6 Å². The fourth-order valence-electron chi connectivity index (χ4n) is 2.90. The van der Waals surface area contributed by atoms with Crippen molar-refractivity contribution in [1.82, 2.24) is 24.9 Å². The Hall–Kier alpha value is -3.29. The molecule has 140 valence electrons. The number of aliphatic carboxylic acids is 1. The molecule has 2 heterocycles. The van der Waals surface area contributed by atoms with Crippen molar-refractivity contribution in [2.24, 2.45) is 0 Å². The zero-order valence-corrected chi connectivity index (χ0v) is 15.5. The van der Waals surface area contributed by atoms with E-state index in [9.17, 15) is 9.59 Å². The largest absolute Gasteiger partial charge is 0.480 e. The van der Waals surface area contributed by atoms with Gasteiger partial charge in [-0.15, -0.1) is 5.10 Å². The van der Waals surface area contributed by atoms with Crippen LogP contribution in [0.1, 0.15) is 36.5 Å². The minimum absolute atomic E-state index is 0.155. The minimum atomic E-state index is -1.06. The number of carboxylic acid groups (broad SMARTS) is 1. The van der Waals surface area contributed by atoms with E-state index < -0.39 is 11.9 Å². The number of benzene rings is 1. The van der Waals surface area contributed by atoms with E-state index in [0.717, 1.165) is 16.6 Å². The molecule has 8 nitrogen and oxygen atoms in total. The van der Waals surface area contributed by atoms with Gasteiger partial charge in [-0.2, -0.15) is 0 Å². The summed E-state index contributed by atoms with van der Waals surface area (Å²) in [4.78, 5) is 29.7. The standard InChI is InChI=1S/C19H21N5O3/c1-4-12(2)23(11-17(25)26)19(27)18-13(3)24(22-21-18)15-7-8-16-14(10-15)6-5-9-20-16/h5-10,12H,4,11H2,1-3H3,(H,25,26). The van der Waals surface area contributed by atoms with E-state index in [-0.39, 0.29) is 18.3 Å². The van der Waals surface area contributed by atoms with Gasteiger partial charge in [0.15, 0.2) is 5.69 Å². The summed E-state index contributed by atoms with van der Waals surface area (Å²) in [6.07, 6.45) is 2.37. The quantitative estimate of drug-likeness (QED) is 0.718. The summed E-state index contributed by atoms with van der Waals surface area (Å²) >= 11 is 0. The topological polar surface area (TPSA) is 101 Å². The molecule has 0 aliphatic rings. The van der Waals surface area contributed by atoms with Gasteiger partial charge in [-0.05, 0) is 44.5 Å². The van der Waals surface area contributed by atoms with E-state index >= 15 is 0 Å². The molecule has 3 rings (SSSR count). The van der Waals surface area contributed by atoms with Gasteiger partial charge in [-0.25, -0.2) is 4.68 Å². The van der Waals surface area contributed by atoms with Crippen LogP contribution in [-0.2, 0) is 4.79 Å². The average molecular weight is 367 g/mol. The molecule has 27 heavy (non-hydrogen) atoms. The molecule has 0 saturated heterocycles. The second kappa shape index (κ2) is 7.53. The van der Waals surface area contributed by atoms with E-state index in [2.05, 4.69) is 15.3 Å². The molecule has 0 radical (unpaired) electrons. The third-order valence-corrected chi connectivity index (χ3v) is 4.62. The SMILES string of the molecule is CCC(C)N(CC(=O)O)C(=O)c1nnn(-c2ccc3ncccc3c2)c1C. The zero-order valence-electron chi connectivity index (χ0n) is 15.5. The Morgan fingerprint density at radius 3 is 2.78 bits per heavy atom. The lowest BCUT2D eigenvalue weighted by Gasteiger charge is -2.26. The van der Waals surface area contributed by atoms with Crippen molar-refractivity contribution < 1.29 is 14.7 Å². The number of carbonyl (C=O) groups excluding carboxylic acids is 1. The first-order valence-electron chi connectivity index (χ1n) is 8.72. The molecule has 0 fully saturated rings. The molecule has 3 aromatic rings. The van der Waals surface area contributed by atoms with Crippen LogP contribution in [0, 0.1) is 6.92 Å². The second-order valence-corrected chi connectivity index (χ2v) is 6.40. The molecule has 2 aromatic heterocycles. The van der Waals surface area contributed by atoms with E-state index in [1.54, 1.807) is 17.8 Å². The highest BCUT2D eigenvalue weighted by atomic mass is 16.4. The Balaban J connectivity index is 1.97. The molecule has 1 amide bonds. The van der Waals surface area contributed by atoms with Crippen LogP contribution in [0.2, 0.25) is 0 Å². The second-order valence-electron chi connectivity index (χ2n) is 6.40. The van der Waals surface area contributed by atoms with Crippen LogP contribution >= 0.6 is 0 Å². The Kier molecular flexibility index (Phi) is 5.16. The van der Waals surface area contributed by atoms with Crippen LogP contribution in [0.15, 0.2) is 36.5 Å². The fourth-order valence-corrected chi connectivity index (χ4v) is 2.90. The molecule has 1 atom stereocenters. The number of pyridine rings is 1. The van der Waals surface area contributed by atoms with E-state index in [0.29, 0.717) is 12.1 Å². The highest BCUT2D eigenvalue weighted by Crippen LogP contribution is 2.19. The Bertz CT molecular complexity index is 998. The number of aromatic nitrogens is 4. The van der Waals surface area contributed by atoms with Gasteiger partial charge >= 0.3 is 5.97 Å². The predicted molar refractivity (Wildman–Crippen MR) is 99.8 cm³/mol.